The average molecular weight is 265 g/mol. The lowest BCUT2D eigenvalue weighted by Gasteiger charge is -2.22. The first-order valence-corrected chi connectivity index (χ1v) is 6.08. The second kappa shape index (κ2) is 7.38. The standard InChI is InChI=1S/C13H19N3O3/c1-10-2-4-11(5-3-10)16(9-6-12(17)18)13(19)15-8-7-14/h2-5H,6-9,14H2,1H3,(H,15,19)(H,17,18). The molecule has 2 amide bonds. The second-order valence-electron chi connectivity index (χ2n) is 4.15. The van der Waals surface area contributed by atoms with Crippen LogP contribution in [-0.4, -0.2) is 36.7 Å². The van der Waals surface area contributed by atoms with Crippen molar-refractivity contribution in [2.45, 2.75) is 13.3 Å². The van der Waals surface area contributed by atoms with Gasteiger partial charge in [-0.25, -0.2) is 4.79 Å². The molecule has 1 rings (SSSR count). The molecule has 0 bridgehead atoms. The van der Waals surface area contributed by atoms with Crippen molar-refractivity contribution in [3.8, 4) is 0 Å². The Morgan fingerprint density at radius 1 is 1.32 bits per heavy atom. The van der Waals surface area contributed by atoms with Crippen molar-refractivity contribution in [2.75, 3.05) is 24.5 Å². The van der Waals surface area contributed by atoms with Gasteiger partial charge in [0.1, 0.15) is 0 Å². The highest BCUT2D eigenvalue weighted by Crippen LogP contribution is 2.15. The van der Waals surface area contributed by atoms with Crippen LogP contribution in [0, 0.1) is 6.92 Å². The minimum atomic E-state index is -0.941. The van der Waals surface area contributed by atoms with Crippen molar-refractivity contribution >= 4 is 17.7 Å². The number of aryl methyl sites for hydroxylation is 1. The molecule has 0 radical (unpaired) electrons. The number of nitrogens with one attached hydrogen (secondary N) is 1. The zero-order chi connectivity index (χ0) is 14.3. The summed E-state index contributed by atoms with van der Waals surface area (Å²) in [6.45, 7) is 2.76. The molecule has 4 N–H and O–H groups in total. The molecule has 0 atom stereocenters. The maximum atomic E-state index is 12.0. The summed E-state index contributed by atoms with van der Waals surface area (Å²) in [6, 6.07) is 6.99. The molecule has 1 aromatic carbocycles. The van der Waals surface area contributed by atoms with Gasteiger partial charge in [-0.1, -0.05) is 17.7 Å². The van der Waals surface area contributed by atoms with Crippen LogP contribution in [0.15, 0.2) is 24.3 Å². The SMILES string of the molecule is Cc1ccc(N(CCC(=O)O)C(=O)NCCN)cc1. The number of benzene rings is 1. The van der Waals surface area contributed by atoms with E-state index in [0.717, 1.165) is 5.56 Å². The van der Waals surface area contributed by atoms with Crippen molar-refractivity contribution in [1.29, 1.82) is 0 Å². The zero-order valence-corrected chi connectivity index (χ0v) is 10.9. The van der Waals surface area contributed by atoms with Crippen LogP contribution in [0.3, 0.4) is 0 Å². The van der Waals surface area contributed by atoms with Gasteiger partial charge in [0.05, 0.1) is 6.42 Å². The van der Waals surface area contributed by atoms with Crippen LogP contribution in [-0.2, 0) is 4.79 Å². The van der Waals surface area contributed by atoms with Gasteiger partial charge in [0.15, 0.2) is 0 Å². The lowest BCUT2D eigenvalue weighted by molar-refractivity contribution is -0.136. The van der Waals surface area contributed by atoms with Crippen LogP contribution in [0.2, 0.25) is 0 Å². The Bertz CT molecular complexity index is 431. The van der Waals surface area contributed by atoms with E-state index in [9.17, 15) is 9.59 Å². The van der Waals surface area contributed by atoms with Gasteiger partial charge in [0, 0.05) is 25.3 Å². The maximum absolute atomic E-state index is 12.0. The van der Waals surface area contributed by atoms with Crippen molar-refractivity contribution < 1.29 is 14.7 Å². The number of amides is 2. The van der Waals surface area contributed by atoms with Crippen LogP contribution in [0.1, 0.15) is 12.0 Å². The molecule has 0 fully saturated rings. The van der Waals surface area contributed by atoms with Gasteiger partial charge < -0.3 is 16.2 Å². The second-order valence-corrected chi connectivity index (χ2v) is 4.15. The van der Waals surface area contributed by atoms with E-state index in [2.05, 4.69) is 5.32 Å². The summed E-state index contributed by atoms with van der Waals surface area (Å²) >= 11 is 0. The third-order valence-corrected chi connectivity index (χ3v) is 2.56. The van der Waals surface area contributed by atoms with Crippen molar-refractivity contribution in [3.63, 3.8) is 0 Å². The van der Waals surface area contributed by atoms with E-state index in [4.69, 9.17) is 10.8 Å². The number of hydrogen-bond donors (Lipinski definition) is 3. The van der Waals surface area contributed by atoms with E-state index in [-0.39, 0.29) is 19.0 Å². The number of nitrogens with zero attached hydrogens (tertiary/aromatic N) is 1. The number of rotatable bonds is 6. The highest BCUT2D eigenvalue weighted by atomic mass is 16.4. The first-order valence-electron chi connectivity index (χ1n) is 6.08. The summed E-state index contributed by atoms with van der Waals surface area (Å²) in [6.07, 6.45) is -0.107. The molecule has 0 unspecified atom stereocenters. The Kier molecular flexibility index (Phi) is 5.81. The third kappa shape index (κ3) is 4.97. The Morgan fingerprint density at radius 3 is 2.47 bits per heavy atom. The monoisotopic (exact) mass is 265 g/mol. The zero-order valence-electron chi connectivity index (χ0n) is 10.9. The van der Waals surface area contributed by atoms with Gasteiger partial charge in [0.2, 0.25) is 0 Å². The highest BCUT2D eigenvalue weighted by molar-refractivity contribution is 5.92. The highest BCUT2D eigenvalue weighted by Gasteiger charge is 2.16. The van der Waals surface area contributed by atoms with Gasteiger partial charge in [-0.15, -0.1) is 0 Å². The fourth-order valence-electron chi connectivity index (χ4n) is 1.55. The maximum Gasteiger partial charge on any atom is 0.321 e. The molecule has 6 heteroatoms. The molecule has 1 aromatic rings. The molecule has 6 nitrogen and oxygen atoms in total. The molecule has 0 saturated heterocycles. The Labute approximate surface area is 112 Å². The molecular weight excluding hydrogens is 246 g/mol. The lowest BCUT2D eigenvalue weighted by atomic mass is 10.2. The number of carboxylic acids is 1. The number of carboxylic acid groups (broad SMARTS) is 1. The number of carbonyl (C=O) groups excluding carboxylic acids is 1. The number of urea groups is 1. The topological polar surface area (TPSA) is 95.7 Å². The summed E-state index contributed by atoms with van der Waals surface area (Å²) < 4.78 is 0. The fourth-order valence-corrected chi connectivity index (χ4v) is 1.55. The van der Waals surface area contributed by atoms with Gasteiger partial charge >= 0.3 is 12.0 Å². The molecule has 0 aliphatic heterocycles. The molecule has 104 valence electrons. The lowest BCUT2D eigenvalue weighted by Crippen LogP contribution is -2.43. The summed E-state index contributed by atoms with van der Waals surface area (Å²) in [4.78, 5) is 24.0. The molecule has 0 aliphatic rings. The Balaban J connectivity index is 2.81. The fraction of sp³-hybridized carbons (Fsp3) is 0.385. The minimum absolute atomic E-state index is 0.107. The number of carbonyl (C=O) groups is 2. The van der Waals surface area contributed by atoms with E-state index >= 15 is 0 Å². The van der Waals surface area contributed by atoms with Crippen LogP contribution >= 0.6 is 0 Å². The van der Waals surface area contributed by atoms with E-state index in [1.54, 1.807) is 12.1 Å². The van der Waals surface area contributed by atoms with Crippen LogP contribution < -0.4 is 16.0 Å². The quantitative estimate of drug-likeness (QED) is 0.713. The van der Waals surface area contributed by atoms with E-state index in [1.807, 2.05) is 19.1 Å². The predicted octanol–water partition coefficient (Wildman–Crippen LogP) is 0.944. The smallest absolute Gasteiger partial charge is 0.321 e. The number of nitrogens with two attached hydrogens (primary N) is 1. The Morgan fingerprint density at radius 2 is 1.95 bits per heavy atom. The molecule has 19 heavy (non-hydrogen) atoms. The number of aliphatic carboxylic acids is 1. The molecule has 0 saturated carbocycles. The van der Waals surface area contributed by atoms with Gasteiger partial charge in [0.25, 0.3) is 0 Å². The van der Waals surface area contributed by atoms with E-state index in [1.165, 1.54) is 4.90 Å². The predicted molar refractivity (Wildman–Crippen MR) is 73.2 cm³/mol. The van der Waals surface area contributed by atoms with Crippen molar-refractivity contribution in [1.82, 2.24) is 5.32 Å². The Hall–Kier alpha value is -2.08. The minimum Gasteiger partial charge on any atom is -0.481 e. The van der Waals surface area contributed by atoms with E-state index in [0.29, 0.717) is 18.8 Å². The first-order chi connectivity index (χ1) is 9.04. The molecule has 0 spiro atoms. The molecule has 0 aliphatic carbocycles. The van der Waals surface area contributed by atoms with Crippen LogP contribution in [0.5, 0.6) is 0 Å². The molecular formula is C13H19N3O3. The normalized spacial score (nSPS) is 10.0. The van der Waals surface area contributed by atoms with Gasteiger partial charge in [-0.05, 0) is 19.1 Å². The van der Waals surface area contributed by atoms with Gasteiger partial charge in [-0.2, -0.15) is 0 Å². The average Bonchev–Trinajstić information content (AvgIpc) is 2.38. The number of anilines is 1. The van der Waals surface area contributed by atoms with Gasteiger partial charge in [-0.3, -0.25) is 9.69 Å². The largest absolute Gasteiger partial charge is 0.481 e. The molecule has 0 heterocycles. The van der Waals surface area contributed by atoms with Crippen molar-refractivity contribution in [3.05, 3.63) is 29.8 Å². The van der Waals surface area contributed by atoms with Crippen LogP contribution in [0.25, 0.3) is 0 Å². The van der Waals surface area contributed by atoms with Crippen molar-refractivity contribution in [2.24, 2.45) is 5.73 Å². The summed E-state index contributed by atoms with van der Waals surface area (Å²) in [5.41, 5.74) is 7.07. The van der Waals surface area contributed by atoms with Crippen LogP contribution in [0.4, 0.5) is 10.5 Å². The number of hydrogen-bond acceptors (Lipinski definition) is 3. The first kappa shape index (κ1) is 15.0. The summed E-state index contributed by atoms with van der Waals surface area (Å²) in [5, 5.41) is 11.4. The summed E-state index contributed by atoms with van der Waals surface area (Å²) in [5.74, 6) is -0.941. The third-order valence-electron chi connectivity index (χ3n) is 2.56. The molecule has 0 aromatic heterocycles. The summed E-state index contributed by atoms with van der Waals surface area (Å²) in [7, 11) is 0. The van der Waals surface area contributed by atoms with E-state index < -0.39 is 5.97 Å².